The normalized spacial score (nSPS) is 11.6. The van der Waals surface area contributed by atoms with Gasteiger partial charge in [0, 0.05) is 49.4 Å². The van der Waals surface area contributed by atoms with Crippen LogP contribution in [-0.4, -0.2) is 19.1 Å². The van der Waals surface area contributed by atoms with Gasteiger partial charge in [-0.25, -0.2) is 9.97 Å². The Morgan fingerprint density at radius 3 is 1.27 bits per heavy atom. The molecule has 0 atom stereocenters. The van der Waals surface area contributed by atoms with Crippen molar-refractivity contribution >= 4 is 43.6 Å². The van der Waals surface area contributed by atoms with Crippen LogP contribution >= 0.6 is 0 Å². The molecule has 0 radical (unpaired) electrons. The summed E-state index contributed by atoms with van der Waals surface area (Å²) in [5.74, 6) is 0.685. The second kappa shape index (κ2) is 16.9. The SMILES string of the molecule is Cc1ccccc1-c1ccc2c(c1)c1ccccc1n2-c1ccccc1-c1cc(-c2cc(-c3ccccc3)nc(-c3ccccc3)n2)ccc1-n1c2ccccc2c2cc(-c3ccccc3C)ccc21. The summed E-state index contributed by atoms with van der Waals surface area (Å²) >= 11 is 0. The van der Waals surface area contributed by atoms with Gasteiger partial charge in [-0.05, 0) is 108 Å². The third-order valence-electron chi connectivity index (χ3n) is 14.1. The van der Waals surface area contributed by atoms with Crippen LogP contribution in [0.2, 0.25) is 0 Å². The zero-order valence-electron chi connectivity index (χ0n) is 38.9. The van der Waals surface area contributed by atoms with Gasteiger partial charge < -0.3 is 9.13 Å². The van der Waals surface area contributed by atoms with E-state index in [0.717, 1.165) is 72.6 Å². The van der Waals surface area contributed by atoms with Crippen molar-refractivity contribution in [3.05, 3.63) is 254 Å². The van der Waals surface area contributed by atoms with Crippen molar-refractivity contribution in [1.82, 2.24) is 19.1 Å². The fraction of sp³-hybridized carbons (Fsp3) is 0.0303. The Balaban J connectivity index is 1.09. The zero-order chi connectivity index (χ0) is 46.7. The molecule has 0 amide bonds. The molecule has 3 aromatic heterocycles. The average molecular weight is 895 g/mol. The van der Waals surface area contributed by atoms with E-state index in [1.807, 2.05) is 24.3 Å². The predicted octanol–water partition coefficient (Wildman–Crippen LogP) is 17.3. The number of hydrogen-bond donors (Lipinski definition) is 0. The van der Waals surface area contributed by atoms with E-state index in [2.05, 4.69) is 241 Å². The number of para-hydroxylation sites is 3. The molecule has 0 fully saturated rings. The molecule has 70 heavy (non-hydrogen) atoms. The number of rotatable bonds is 8. The monoisotopic (exact) mass is 894 g/mol. The molecular weight excluding hydrogens is 849 g/mol. The quantitative estimate of drug-likeness (QED) is 0.152. The van der Waals surface area contributed by atoms with Crippen molar-refractivity contribution in [3.63, 3.8) is 0 Å². The van der Waals surface area contributed by atoms with Gasteiger partial charge in [0.05, 0.1) is 44.8 Å². The Hall–Kier alpha value is -9.12. The van der Waals surface area contributed by atoms with Crippen LogP contribution in [0, 0.1) is 13.8 Å². The fourth-order valence-electron chi connectivity index (χ4n) is 10.7. The summed E-state index contributed by atoms with van der Waals surface area (Å²) in [6.07, 6.45) is 0. The summed E-state index contributed by atoms with van der Waals surface area (Å²) < 4.78 is 4.93. The summed E-state index contributed by atoms with van der Waals surface area (Å²) in [4.78, 5) is 10.5. The number of nitrogens with zero attached hydrogens (tertiary/aromatic N) is 4. The molecule has 0 bridgehead atoms. The van der Waals surface area contributed by atoms with Crippen molar-refractivity contribution < 1.29 is 0 Å². The molecule has 0 aliphatic rings. The molecule has 3 heterocycles. The van der Waals surface area contributed by atoms with Crippen LogP contribution in [0.15, 0.2) is 243 Å². The van der Waals surface area contributed by atoms with Crippen LogP contribution < -0.4 is 0 Å². The van der Waals surface area contributed by atoms with Crippen molar-refractivity contribution in [2.45, 2.75) is 13.8 Å². The van der Waals surface area contributed by atoms with Crippen LogP contribution in [0.5, 0.6) is 0 Å². The Labute approximate surface area is 407 Å². The molecule has 330 valence electrons. The molecule has 0 aliphatic heterocycles. The topological polar surface area (TPSA) is 35.6 Å². The van der Waals surface area contributed by atoms with Crippen LogP contribution in [0.4, 0.5) is 0 Å². The van der Waals surface area contributed by atoms with E-state index in [4.69, 9.17) is 9.97 Å². The second-order valence-corrected chi connectivity index (χ2v) is 18.2. The van der Waals surface area contributed by atoms with Gasteiger partial charge in [0.15, 0.2) is 5.82 Å². The highest BCUT2D eigenvalue weighted by Gasteiger charge is 2.23. The fourth-order valence-corrected chi connectivity index (χ4v) is 10.7. The van der Waals surface area contributed by atoms with Gasteiger partial charge in [0.2, 0.25) is 0 Å². The van der Waals surface area contributed by atoms with Gasteiger partial charge in [-0.2, -0.15) is 0 Å². The lowest BCUT2D eigenvalue weighted by atomic mass is 9.96. The Morgan fingerprint density at radius 2 is 0.700 bits per heavy atom. The maximum absolute atomic E-state index is 5.34. The highest BCUT2D eigenvalue weighted by atomic mass is 15.0. The Kier molecular flexibility index (Phi) is 9.91. The molecule has 10 aromatic carbocycles. The molecule has 0 spiro atoms. The van der Waals surface area contributed by atoms with Gasteiger partial charge in [-0.3, -0.25) is 0 Å². The Morgan fingerprint density at radius 1 is 0.271 bits per heavy atom. The number of hydrogen-bond acceptors (Lipinski definition) is 2. The highest BCUT2D eigenvalue weighted by Crippen LogP contribution is 2.44. The van der Waals surface area contributed by atoms with Gasteiger partial charge in [-0.15, -0.1) is 0 Å². The van der Waals surface area contributed by atoms with Crippen LogP contribution in [0.25, 0.3) is 122 Å². The standard InChI is InChI=1S/C66H46N4/c1-43-19-9-11-25-50(43)47-33-36-63-55(39-47)52-27-13-16-30-60(52)69(63)61-31-17-15-29-54(61)57-41-49(59-42-58(45-21-5-3-6-22-45)67-66(68-59)46-23-7-4-8-24-46)35-38-65(57)70-62-32-18-14-28-53(62)56-40-48(34-37-64(56)70)51-26-12-10-20-44(51)2/h3-42H,1-2H3. The minimum Gasteiger partial charge on any atom is -0.309 e. The number of aryl methyl sites for hydroxylation is 2. The minimum atomic E-state index is 0.685. The Bertz CT molecular complexity index is 4080. The van der Waals surface area contributed by atoms with Gasteiger partial charge >= 0.3 is 0 Å². The van der Waals surface area contributed by atoms with Gasteiger partial charge in [0.25, 0.3) is 0 Å². The minimum absolute atomic E-state index is 0.685. The van der Waals surface area contributed by atoms with Crippen molar-refractivity contribution in [2.75, 3.05) is 0 Å². The second-order valence-electron chi connectivity index (χ2n) is 18.2. The maximum atomic E-state index is 5.34. The van der Waals surface area contributed by atoms with Crippen molar-refractivity contribution in [1.29, 1.82) is 0 Å². The first kappa shape index (κ1) is 41.1. The van der Waals surface area contributed by atoms with E-state index in [0.29, 0.717) is 5.82 Å². The molecule has 4 heteroatoms. The lowest BCUT2D eigenvalue weighted by Gasteiger charge is -2.20. The summed E-state index contributed by atoms with van der Waals surface area (Å²) in [7, 11) is 0. The highest BCUT2D eigenvalue weighted by molar-refractivity contribution is 6.13. The van der Waals surface area contributed by atoms with Gasteiger partial charge in [-0.1, -0.05) is 182 Å². The number of benzene rings is 10. The van der Waals surface area contributed by atoms with Crippen LogP contribution in [-0.2, 0) is 0 Å². The molecular formula is C66H46N4. The van der Waals surface area contributed by atoms with Crippen LogP contribution in [0.3, 0.4) is 0 Å². The summed E-state index contributed by atoms with van der Waals surface area (Å²) in [6.45, 7) is 4.38. The summed E-state index contributed by atoms with van der Waals surface area (Å²) in [5.41, 5.74) is 21.1. The van der Waals surface area contributed by atoms with Crippen molar-refractivity contribution in [2.24, 2.45) is 0 Å². The third-order valence-corrected chi connectivity index (χ3v) is 14.1. The summed E-state index contributed by atoms with van der Waals surface area (Å²) in [6, 6.07) is 87.5. The van der Waals surface area contributed by atoms with E-state index in [9.17, 15) is 0 Å². The predicted molar refractivity (Wildman–Crippen MR) is 293 cm³/mol. The first-order valence-corrected chi connectivity index (χ1v) is 24.0. The van der Waals surface area contributed by atoms with Crippen LogP contribution in [0.1, 0.15) is 11.1 Å². The number of aromatic nitrogens is 4. The first-order chi connectivity index (χ1) is 34.6. The molecule has 13 aromatic rings. The lowest BCUT2D eigenvalue weighted by molar-refractivity contribution is 1.16. The molecule has 0 saturated heterocycles. The lowest BCUT2D eigenvalue weighted by Crippen LogP contribution is -2.02. The van der Waals surface area contributed by atoms with E-state index in [1.165, 1.54) is 54.9 Å². The van der Waals surface area contributed by atoms with E-state index in [1.54, 1.807) is 0 Å². The molecule has 0 aliphatic carbocycles. The van der Waals surface area contributed by atoms with E-state index >= 15 is 0 Å². The number of fused-ring (bicyclic) bond motifs is 6. The third kappa shape index (κ3) is 6.92. The largest absolute Gasteiger partial charge is 0.309 e. The van der Waals surface area contributed by atoms with Crippen molar-refractivity contribution in [3.8, 4) is 78.7 Å². The van der Waals surface area contributed by atoms with Gasteiger partial charge in [0.1, 0.15) is 0 Å². The summed E-state index contributed by atoms with van der Waals surface area (Å²) in [5, 5.41) is 4.85. The van der Waals surface area contributed by atoms with E-state index < -0.39 is 0 Å². The first-order valence-electron chi connectivity index (χ1n) is 24.0. The zero-order valence-corrected chi connectivity index (χ0v) is 38.9. The molecule has 4 nitrogen and oxygen atoms in total. The molecule has 0 unspecified atom stereocenters. The average Bonchev–Trinajstić information content (AvgIpc) is 3.93. The van der Waals surface area contributed by atoms with E-state index in [-0.39, 0.29) is 0 Å². The molecule has 0 N–H and O–H groups in total. The maximum Gasteiger partial charge on any atom is 0.160 e. The molecule has 13 rings (SSSR count). The molecule has 0 saturated carbocycles. The smallest absolute Gasteiger partial charge is 0.160 e.